The summed E-state index contributed by atoms with van der Waals surface area (Å²) in [5.41, 5.74) is 0.546. The van der Waals surface area contributed by atoms with Crippen molar-refractivity contribution in [3.63, 3.8) is 0 Å². The van der Waals surface area contributed by atoms with Gasteiger partial charge in [0, 0.05) is 0 Å². The fourth-order valence-electron chi connectivity index (χ4n) is 3.03. The highest BCUT2D eigenvalue weighted by Gasteiger charge is 2.50. The quantitative estimate of drug-likeness (QED) is 0.694. The summed E-state index contributed by atoms with van der Waals surface area (Å²) in [5.74, 6) is 0. The van der Waals surface area contributed by atoms with Crippen molar-refractivity contribution < 1.29 is 14.2 Å². The summed E-state index contributed by atoms with van der Waals surface area (Å²) in [4.78, 5) is 0. The molecule has 0 bridgehead atoms. The van der Waals surface area contributed by atoms with Gasteiger partial charge in [0.15, 0.2) is 0 Å². The summed E-state index contributed by atoms with van der Waals surface area (Å²) < 4.78 is 17.2. The monoisotopic (exact) mass is 270 g/mol. The van der Waals surface area contributed by atoms with Crippen LogP contribution < -0.4 is 0 Å². The van der Waals surface area contributed by atoms with Crippen LogP contribution in [0.2, 0.25) is 0 Å². The van der Waals surface area contributed by atoms with E-state index in [1.165, 1.54) is 0 Å². The predicted molar refractivity (Wildman–Crippen MR) is 76.3 cm³/mol. The summed E-state index contributed by atoms with van der Waals surface area (Å²) >= 11 is 0. The Bertz CT molecular complexity index is 282. The first-order valence-electron chi connectivity index (χ1n) is 7.39. The summed E-state index contributed by atoms with van der Waals surface area (Å²) in [5, 5.41) is 0. The van der Waals surface area contributed by atoms with E-state index in [9.17, 15) is 0 Å². The molecule has 0 aliphatic carbocycles. The van der Waals surface area contributed by atoms with E-state index in [0.717, 1.165) is 26.1 Å². The van der Waals surface area contributed by atoms with Crippen molar-refractivity contribution in [2.24, 2.45) is 10.8 Å². The molecule has 112 valence electrons. The lowest BCUT2D eigenvalue weighted by molar-refractivity contribution is 0.0203. The Hall–Kier alpha value is -0.120. The minimum atomic E-state index is -0.0178. The Morgan fingerprint density at radius 1 is 0.789 bits per heavy atom. The molecule has 0 aromatic heterocycles. The fourth-order valence-corrected chi connectivity index (χ4v) is 3.03. The summed E-state index contributed by atoms with van der Waals surface area (Å²) in [6.45, 7) is 16.6. The molecule has 2 heterocycles. The van der Waals surface area contributed by atoms with Crippen LogP contribution in [0.25, 0.3) is 0 Å². The van der Waals surface area contributed by atoms with Crippen LogP contribution in [0.4, 0.5) is 0 Å². The second kappa shape index (κ2) is 4.71. The molecule has 19 heavy (non-hydrogen) atoms. The molecule has 0 radical (unpaired) electrons. The molecule has 0 N–H and O–H groups in total. The molecule has 0 saturated carbocycles. The van der Waals surface area contributed by atoms with Gasteiger partial charge in [-0.2, -0.15) is 0 Å². The molecular formula is C16H30O3. The van der Waals surface area contributed by atoms with Gasteiger partial charge in [-0.1, -0.05) is 41.5 Å². The van der Waals surface area contributed by atoms with Gasteiger partial charge in [-0.25, -0.2) is 0 Å². The Morgan fingerprint density at radius 3 is 1.32 bits per heavy atom. The van der Waals surface area contributed by atoms with Crippen LogP contribution >= 0.6 is 0 Å². The zero-order valence-corrected chi connectivity index (χ0v) is 13.5. The van der Waals surface area contributed by atoms with E-state index in [1.807, 2.05) is 0 Å². The first kappa shape index (κ1) is 15.3. The third-order valence-electron chi connectivity index (χ3n) is 3.54. The number of epoxide rings is 2. The fraction of sp³-hybridized carbons (Fsp3) is 1.00. The Kier molecular flexibility index (Phi) is 3.79. The normalized spacial score (nSPS) is 34.4. The van der Waals surface area contributed by atoms with Gasteiger partial charge in [-0.3, -0.25) is 0 Å². The van der Waals surface area contributed by atoms with Crippen molar-refractivity contribution in [3.8, 4) is 0 Å². The lowest BCUT2D eigenvalue weighted by Gasteiger charge is -2.25. The molecule has 2 unspecified atom stereocenters. The highest BCUT2D eigenvalue weighted by Crippen LogP contribution is 2.42. The van der Waals surface area contributed by atoms with Crippen LogP contribution in [0.15, 0.2) is 0 Å². The number of rotatable bonds is 6. The Balaban J connectivity index is 1.73. The van der Waals surface area contributed by atoms with E-state index in [2.05, 4.69) is 41.5 Å². The largest absolute Gasteiger partial charge is 0.375 e. The molecular weight excluding hydrogens is 240 g/mol. The van der Waals surface area contributed by atoms with Gasteiger partial charge in [0.25, 0.3) is 0 Å². The minimum Gasteiger partial charge on any atom is -0.375 e. The van der Waals surface area contributed by atoms with Crippen molar-refractivity contribution in [1.29, 1.82) is 0 Å². The second-order valence-electron chi connectivity index (χ2n) is 8.91. The van der Waals surface area contributed by atoms with Gasteiger partial charge < -0.3 is 14.2 Å². The minimum absolute atomic E-state index is 0.0178. The zero-order valence-electron chi connectivity index (χ0n) is 13.5. The van der Waals surface area contributed by atoms with Crippen LogP contribution in [0, 0.1) is 10.8 Å². The smallest absolute Gasteiger partial charge is 0.115 e. The first-order chi connectivity index (χ1) is 8.54. The van der Waals surface area contributed by atoms with Crippen LogP contribution in [0.5, 0.6) is 0 Å². The number of hydrogen-bond donors (Lipinski definition) is 0. The van der Waals surface area contributed by atoms with Gasteiger partial charge in [-0.05, 0) is 23.7 Å². The Morgan fingerprint density at radius 2 is 1.11 bits per heavy atom. The van der Waals surface area contributed by atoms with E-state index < -0.39 is 0 Å². The topological polar surface area (TPSA) is 34.3 Å². The second-order valence-corrected chi connectivity index (χ2v) is 8.91. The van der Waals surface area contributed by atoms with E-state index >= 15 is 0 Å². The highest BCUT2D eigenvalue weighted by molar-refractivity contribution is 4.98. The van der Waals surface area contributed by atoms with E-state index in [4.69, 9.17) is 14.2 Å². The third-order valence-corrected chi connectivity index (χ3v) is 3.54. The molecule has 2 aliphatic heterocycles. The van der Waals surface area contributed by atoms with Gasteiger partial charge in [0.05, 0.1) is 26.4 Å². The molecule has 2 atom stereocenters. The molecule has 2 saturated heterocycles. The van der Waals surface area contributed by atoms with Crippen LogP contribution in [-0.2, 0) is 14.2 Å². The van der Waals surface area contributed by atoms with E-state index in [1.54, 1.807) is 0 Å². The maximum atomic E-state index is 5.93. The molecule has 3 nitrogen and oxygen atoms in total. The van der Waals surface area contributed by atoms with Crippen LogP contribution in [0.3, 0.4) is 0 Å². The molecule has 0 aromatic rings. The number of hydrogen-bond acceptors (Lipinski definition) is 3. The molecule has 0 spiro atoms. The molecule has 2 rings (SSSR count). The Labute approximate surface area is 118 Å². The number of ether oxygens (including phenoxy) is 3. The zero-order chi connectivity index (χ0) is 14.4. The van der Waals surface area contributed by atoms with Crippen LogP contribution in [0.1, 0.15) is 54.4 Å². The predicted octanol–water partition coefficient (Wildman–Crippen LogP) is 3.41. The van der Waals surface area contributed by atoms with Crippen LogP contribution in [-0.4, -0.2) is 37.6 Å². The van der Waals surface area contributed by atoms with E-state index in [0.29, 0.717) is 24.0 Å². The van der Waals surface area contributed by atoms with Gasteiger partial charge in [0.2, 0.25) is 0 Å². The third kappa shape index (κ3) is 5.05. The molecule has 0 amide bonds. The maximum absolute atomic E-state index is 5.93. The van der Waals surface area contributed by atoms with Crippen molar-refractivity contribution in [3.05, 3.63) is 0 Å². The average molecular weight is 270 g/mol. The van der Waals surface area contributed by atoms with Gasteiger partial charge >= 0.3 is 0 Å². The lowest BCUT2D eigenvalue weighted by Crippen LogP contribution is -2.31. The summed E-state index contributed by atoms with van der Waals surface area (Å²) in [6, 6.07) is 0. The summed E-state index contributed by atoms with van der Waals surface area (Å²) in [6.07, 6.45) is 2.13. The molecule has 3 heteroatoms. The lowest BCUT2D eigenvalue weighted by atomic mass is 9.84. The van der Waals surface area contributed by atoms with Crippen molar-refractivity contribution in [1.82, 2.24) is 0 Å². The maximum Gasteiger partial charge on any atom is 0.115 e. The summed E-state index contributed by atoms with van der Waals surface area (Å²) in [7, 11) is 0. The standard InChI is InChI=1S/C16H30O3/c1-13(2,3)7-15(11-18-15)9-17-10-16(12-19-16)8-14(4,5)6/h7-12H2,1-6H3. The van der Waals surface area contributed by atoms with Crippen molar-refractivity contribution in [2.75, 3.05) is 26.4 Å². The molecule has 2 fully saturated rings. The van der Waals surface area contributed by atoms with Gasteiger partial charge in [-0.15, -0.1) is 0 Å². The first-order valence-corrected chi connectivity index (χ1v) is 7.39. The van der Waals surface area contributed by atoms with Crippen molar-refractivity contribution >= 4 is 0 Å². The molecule has 0 aromatic carbocycles. The van der Waals surface area contributed by atoms with Crippen molar-refractivity contribution in [2.45, 2.75) is 65.6 Å². The van der Waals surface area contributed by atoms with E-state index in [-0.39, 0.29) is 11.2 Å². The SMILES string of the molecule is CC(C)(C)CC1(COCC2(CC(C)(C)C)CO2)CO1. The van der Waals surface area contributed by atoms with Gasteiger partial charge in [0.1, 0.15) is 11.2 Å². The molecule has 2 aliphatic rings. The highest BCUT2D eigenvalue weighted by atomic mass is 16.6. The average Bonchev–Trinajstić information content (AvgIpc) is 3.02.